The molecule has 0 heterocycles. The number of carbonyl (C=O) groups is 1. The lowest BCUT2D eigenvalue weighted by atomic mass is 9.86. The van der Waals surface area contributed by atoms with Gasteiger partial charge in [-0.05, 0) is 44.4 Å². The molecule has 3 N–H and O–H groups in total. The summed E-state index contributed by atoms with van der Waals surface area (Å²) in [6, 6.07) is 0.358. The molecule has 0 saturated heterocycles. The van der Waals surface area contributed by atoms with Crippen molar-refractivity contribution in [1.82, 2.24) is 5.32 Å². The Morgan fingerprint density at radius 2 is 2.18 bits per heavy atom. The van der Waals surface area contributed by atoms with Gasteiger partial charge in [-0.3, -0.25) is 4.79 Å². The van der Waals surface area contributed by atoms with Crippen molar-refractivity contribution in [2.24, 2.45) is 17.1 Å². The summed E-state index contributed by atoms with van der Waals surface area (Å²) < 4.78 is 0. The lowest BCUT2D eigenvalue weighted by Crippen LogP contribution is -2.38. The molecule has 0 spiro atoms. The van der Waals surface area contributed by atoms with Gasteiger partial charge in [-0.25, -0.2) is 0 Å². The standard InChI is InChI=1S/C14H26N2O/c1-2-6-14(7-8-14)13(17)16-10-11-4-3-5-12(15)9-11/h11-12H,2-10,15H2,1H3,(H,16,17). The highest BCUT2D eigenvalue weighted by molar-refractivity contribution is 5.85. The van der Waals surface area contributed by atoms with Crippen LogP contribution in [0.5, 0.6) is 0 Å². The minimum absolute atomic E-state index is 0.0194. The van der Waals surface area contributed by atoms with Gasteiger partial charge in [0.1, 0.15) is 0 Å². The SMILES string of the molecule is CCCC1(C(=O)NCC2CCCC(N)C2)CC1. The van der Waals surface area contributed by atoms with Gasteiger partial charge in [0.05, 0.1) is 0 Å². The van der Waals surface area contributed by atoms with E-state index < -0.39 is 0 Å². The second-order valence-corrected chi connectivity index (χ2v) is 6.03. The monoisotopic (exact) mass is 238 g/mol. The van der Waals surface area contributed by atoms with Gasteiger partial charge in [-0.15, -0.1) is 0 Å². The van der Waals surface area contributed by atoms with E-state index in [4.69, 9.17) is 5.73 Å². The number of nitrogens with two attached hydrogens (primary N) is 1. The summed E-state index contributed by atoms with van der Waals surface area (Å²) in [6.45, 7) is 3.01. The Bertz CT molecular complexity index is 273. The predicted molar refractivity (Wildman–Crippen MR) is 69.5 cm³/mol. The Labute approximate surface area is 105 Å². The number of hydrogen-bond acceptors (Lipinski definition) is 2. The van der Waals surface area contributed by atoms with Gasteiger partial charge >= 0.3 is 0 Å². The van der Waals surface area contributed by atoms with Crippen LogP contribution in [0.4, 0.5) is 0 Å². The second kappa shape index (κ2) is 5.38. The minimum Gasteiger partial charge on any atom is -0.355 e. The molecule has 2 aliphatic carbocycles. The molecule has 0 radical (unpaired) electrons. The van der Waals surface area contributed by atoms with Crippen molar-refractivity contribution in [2.75, 3.05) is 6.54 Å². The first-order valence-corrected chi connectivity index (χ1v) is 7.20. The molecule has 98 valence electrons. The van der Waals surface area contributed by atoms with Crippen LogP contribution in [0.25, 0.3) is 0 Å². The summed E-state index contributed by atoms with van der Waals surface area (Å²) in [5.41, 5.74) is 5.98. The fraction of sp³-hybridized carbons (Fsp3) is 0.929. The fourth-order valence-electron chi connectivity index (χ4n) is 3.16. The van der Waals surface area contributed by atoms with Crippen molar-refractivity contribution >= 4 is 5.91 Å². The second-order valence-electron chi connectivity index (χ2n) is 6.03. The number of rotatable bonds is 5. The van der Waals surface area contributed by atoms with E-state index in [-0.39, 0.29) is 5.41 Å². The lowest BCUT2D eigenvalue weighted by Gasteiger charge is -2.27. The zero-order valence-corrected chi connectivity index (χ0v) is 11.0. The molecule has 17 heavy (non-hydrogen) atoms. The zero-order valence-electron chi connectivity index (χ0n) is 11.0. The van der Waals surface area contributed by atoms with Crippen molar-refractivity contribution in [3.05, 3.63) is 0 Å². The van der Waals surface area contributed by atoms with E-state index in [0.29, 0.717) is 17.9 Å². The van der Waals surface area contributed by atoms with E-state index in [2.05, 4.69) is 12.2 Å². The quantitative estimate of drug-likeness (QED) is 0.771. The van der Waals surface area contributed by atoms with E-state index in [9.17, 15) is 4.79 Å². The molecule has 2 saturated carbocycles. The highest BCUT2D eigenvalue weighted by Gasteiger charge is 2.48. The molecule has 3 heteroatoms. The van der Waals surface area contributed by atoms with E-state index in [0.717, 1.165) is 45.1 Å². The Kier molecular flexibility index (Phi) is 4.08. The maximum absolute atomic E-state index is 12.1. The molecule has 2 aliphatic rings. The summed E-state index contributed by atoms with van der Waals surface area (Å²) >= 11 is 0. The molecule has 2 rings (SSSR count). The van der Waals surface area contributed by atoms with Gasteiger partial charge in [-0.2, -0.15) is 0 Å². The molecule has 1 amide bonds. The van der Waals surface area contributed by atoms with Crippen molar-refractivity contribution in [3.8, 4) is 0 Å². The summed E-state index contributed by atoms with van der Waals surface area (Å²) in [7, 11) is 0. The third kappa shape index (κ3) is 3.21. The van der Waals surface area contributed by atoms with E-state index in [1.165, 1.54) is 12.8 Å². The molecular formula is C14H26N2O. The van der Waals surface area contributed by atoms with E-state index in [1.54, 1.807) is 0 Å². The van der Waals surface area contributed by atoms with Gasteiger partial charge in [0.15, 0.2) is 0 Å². The minimum atomic E-state index is 0.0194. The summed E-state index contributed by atoms with van der Waals surface area (Å²) in [6.07, 6.45) is 9.06. The van der Waals surface area contributed by atoms with Crippen LogP contribution in [0.3, 0.4) is 0 Å². The van der Waals surface area contributed by atoms with Crippen LogP contribution in [-0.4, -0.2) is 18.5 Å². The van der Waals surface area contributed by atoms with Crippen LogP contribution in [-0.2, 0) is 4.79 Å². The summed E-state index contributed by atoms with van der Waals surface area (Å²) in [4.78, 5) is 12.1. The number of carbonyl (C=O) groups excluding carboxylic acids is 1. The Hall–Kier alpha value is -0.570. The molecule has 0 aromatic heterocycles. The molecule has 2 fully saturated rings. The zero-order chi connectivity index (χ0) is 12.3. The number of hydrogen-bond donors (Lipinski definition) is 2. The molecule has 3 nitrogen and oxygen atoms in total. The summed E-state index contributed by atoms with van der Waals surface area (Å²) in [5.74, 6) is 0.915. The largest absolute Gasteiger partial charge is 0.355 e. The van der Waals surface area contributed by atoms with Crippen LogP contribution in [0.1, 0.15) is 58.3 Å². The maximum Gasteiger partial charge on any atom is 0.226 e. The first-order chi connectivity index (χ1) is 8.16. The Morgan fingerprint density at radius 3 is 2.76 bits per heavy atom. The molecule has 0 bridgehead atoms. The topological polar surface area (TPSA) is 55.1 Å². The highest BCUT2D eigenvalue weighted by Crippen LogP contribution is 2.49. The normalized spacial score (nSPS) is 30.9. The van der Waals surface area contributed by atoms with E-state index in [1.807, 2.05) is 0 Å². The number of nitrogens with one attached hydrogen (secondary N) is 1. The lowest BCUT2D eigenvalue weighted by molar-refractivity contribution is -0.126. The van der Waals surface area contributed by atoms with Crippen LogP contribution in [0, 0.1) is 11.3 Å². The van der Waals surface area contributed by atoms with Crippen molar-refractivity contribution in [3.63, 3.8) is 0 Å². The van der Waals surface area contributed by atoms with Crippen molar-refractivity contribution in [2.45, 2.75) is 64.3 Å². The predicted octanol–water partition coefficient (Wildman–Crippen LogP) is 2.20. The molecule has 0 aromatic rings. The van der Waals surface area contributed by atoms with E-state index >= 15 is 0 Å². The van der Waals surface area contributed by atoms with Gasteiger partial charge < -0.3 is 11.1 Å². The first-order valence-electron chi connectivity index (χ1n) is 7.20. The molecule has 2 unspecified atom stereocenters. The molecular weight excluding hydrogens is 212 g/mol. The third-order valence-corrected chi connectivity index (χ3v) is 4.44. The van der Waals surface area contributed by atoms with Crippen LogP contribution >= 0.6 is 0 Å². The van der Waals surface area contributed by atoms with Gasteiger partial charge in [-0.1, -0.05) is 19.8 Å². The average molecular weight is 238 g/mol. The van der Waals surface area contributed by atoms with Crippen molar-refractivity contribution in [1.29, 1.82) is 0 Å². The van der Waals surface area contributed by atoms with Gasteiger partial charge in [0, 0.05) is 18.0 Å². The average Bonchev–Trinajstić information content (AvgIpc) is 3.08. The summed E-state index contributed by atoms with van der Waals surface area (Å²) in [5, 5.41) is 3.17. The Morgan fingerprint density at radius 1 is 1.41 bits per heavy atom. The smallest absolute Gasteiger partial charge is 0.226 e. The van der Waals surface area contributed by atoms with Crippen LogP contribution < -0.4 is 11.1 Å². The van der Waals surface area contributed by atoms with Gasteiger partial charge in [0.25, 0.3) is 0 Å². The highest BCUT2D eigenvalue weighted by atomic mass is 16.2. The molecule has 0 aromatic carbocycles. The molecule has 2 atom stereocenters. The fourth-order valence-corrected chi connectivity index (χ4v) is 3.16. The maximum atomic E-state index is 12.1. The Balaban J connectivity index is 1.72. The first kappa shape index (κ1) is 12.9. The van der Waals surface area contributed by atoms with Gasteiger partial charge in [0.2, 0.25) is 5.91 Å². The number of amides is 1. The third-order valence-electron chi connectivity index (χ3n) is 4.44. The van der Waals surface area contributed by atoms with Crippen molar-refractivity contribution < 1.29 is 4.79 Å². The van der Waals surface area contributed by atoms with Crippen LogP contribution in [0.15, 0.2) is 0 Å². The van der Waals surface area contributed by atoms with Crippen LogP contribution in [0.2, 0.25) is 0 Å². The molecule has 0 aliphatic heterocycles.